The van der Waals surface area contributed by atoms with Crippen LogP contribution < -0.4 is 10.1 Å². The van der Waals surface area contributed by atoms with Crippen molar-refractivity contribution in [2.75, 3.05) is 13.1 Å². The Balaban J connectivity index is 1.51. The Labute approximate surface area is 145 Å². The number of furan rings is 1. The molecule has 1 aliphatic heterocycles. The molecule has 5 heteroatoms. The molecule has 2 aromatic heterocycles. The average Bonchev–Trinajstić information content (AvgIpc) is 3.13. The zero-order valence-corrected chi connectivity index (χ0v) is 14.1. The SMILES string of the molecule is Clc1ccc(COc2cccc(C3CCNCC3)n2)c2occc12. The maximum atomic E-state index is 6.18. The average molecular weight is 343 g/mol. The lowest BCUT2D eigenvalue weighted by atomic mass is 9.94. The molecule has 0 atom stereocenters. The first-order valence-corrected chi connectivity index (χ1v) is 8.64. The summed E-state index contributed by atoms with van der Waals surface area (Å²) in [6.45, 7) is 2.52. The topological polar surface area (TPSA) is 47.3 Å². The summed E-state index contributed by atoms with van der Waals surface area (Å²) in [5.41, 5.74) is 2.86. The van der Waals surface area contributed by atoms with Crippen molar-refractivity contribution < 1.29 is 9.15 Å². The number of piperidine rings is 1. The highest BCUT2D eigenvalue weighted by Gasteiger charge is 2.17. The zero-order valence-electron chi connectivity index (χ0n) is 13.3. The number of pyridine rings is 1. The number of halogens is 1. The van der Waals surface area contributed by atoms with E-state index in [-0.39, 0.29) is 0 Å². The first-order valence-electron chi connectivity index (χ1n) is 8.26. The summed E-state index contributed by atoms with van der Waals surface area (Å²) < 4.78 is 11.5. The van der Waals surface area contributed by atoms with E-state index in [1.165, 1.54) is 0 Å². The van der Waals surface area contributed by atoms with E-state index in [4.69, 9.17) is 25.7 Å². The van der Waals surface area contributed by atoms with E-state index in [0.717, 1.165) is 48.2 Å². The molecule has 124 valence electrons. The second-order valence-corrected chi connectivity index (χ2v) is 6.49. The summed E-state index contributed by atoms with van der Waals surface area (Å²) in [4.78, 5) is 4.69. The number of fused-ring (bicyclic) bond motifs is 1. The standard InChI is InChI=1S/C19H19ClN2O2/c20-16-5-4-14(19-15(16)8-11-23-19)12-24-18-3-1-2-17(22-18)13-6-9-21-10-7-13/h1-5,8,11,13,21H,6-7,9-10,12H2. The number of nitrogens with one attached hydrogen (secondary N) is 1. The lowest BCUT2D eigenvalue weighted by Gasteiger charge is -2.22. The van der Waals surface area contributed by atoms with Gasteiger partial charge in [-0.3, -0.25) is 0 Å². The second kappa shape index (κ2) is 6.83. The Morgan fingerprint density at radius 3 is 2.92 bits per heavy atom. The third kappa shape index (κ3) is 3.12. The lowest BCUT2D eigenvalue weighted by molar-refractivity contribution is 0.291. The van der Waals surface area contributed by atoms with Gasteiger partial charge in [-0.15, -0.1) is 0 Å². The van der Waals surface area contributed by atoms with Crippen LogP contribution in [0.2, 0.25) is 5.02 Å². The Morgan fingerprint density at radius 2 is 2.04 bits per heavy atom. The van der Waals surface area contributed by atoms with Gasteiger partial charge in [0.05, 0.1) is 11.3 Å². The minimum atomic E-state index is 0.407. The summed E-state index contributed by atoms with van der Waals surface area (Å²) in [6.07, 6.45) is 3.90. The van der Waals surface area contributed by atoms with E-state index < -0.39 is 0 Å². The van der Waals surface area contributed by atoms with E-state index in [2.05, 4.69) is 11.4 Å². The van der Waals surface area contributed by atoms with Crippen molar-refractivity contribution in [1.82, 2.24) is 10.3 Å². The molecule has 3 heterocycles. The van der Waals surface area contributed by atoms with Crippen LogP contribution in [0.4, 0.5) is 0 Å². The molecule has 4 rings (SSSR count). The molecule has 4 nitrogen and oxygen atoms in total. The van der Waals surface area contributed by atoms with Crippen molar-refractivity contribution in [2.45, 2.75) is 25.4 Å². The number of hydrogen-bond donors (Lipinski definition) is 1. The highest BCUT2D eigenvalue weighted by atomic mass is 35.5. The third-order valence-electron chi connectivity index (χ3n) is 4.52. The largest absolute Gasteiger partial charge is 0.473 e. The molecule has 0 amide bonds. The molecule has 24 heavy (non-hydrogen) atoms. The Hall–Kier alpha value is -2.04. The number of aromatic nitrogens is 1. The quantitative estimate of drug-likeness (QED) is 0.756. The van der Waals surface area contributed by atoms with Gasteiger partial charge in [-0.1, -0.05) is 23.7 Å². The first-order chi connectivity index (χ1) is 11.8. The number of rotatable bonds is 4. The molecule has 3 aromatic rings. The Bertz CT molecular complexity index is 840. The van der Waals surface area contributed by atoms with Gasteiger partial charge in [-0.25, -0.2) is 4.98 Å². The first kappa shape index (κ1) is 15.5. The van der Waals surface area contributed by atoms with Gasteiger partial charge >= 0.3 is 0 Å². The minimum absolute atomic E-state index is 0.407. The summed E-state index contributed by atoms with van der Waals surface area (Å²) in [6, 6.07) is 11.7. The van der Waals surface area contributed by atoms with Gasteiger partial charge < -0.3 is 14.5 Å². The van der Waals surface area contributed by atoms with Crippen LogP contribution in [0.15, 0.2) is 47.1 Å². The van der Waals surface area contributed by atoms with Crippen LogP contribution in [0.5, 0.6) is 5.88 Å². The molecule has 0 spiro atoms. The van der Waals surface area contributed by atoms with Gasteiger partial charge in [0.25, 0.3) is 0 Å². The Morgan fingerprint density at radius 1 is 1.17 bits per heavy atom. The number of hydrogen-bond acceptors (Lipinski definition) is 4. The van der Waals surface area contributed by atoms with Crippen molar-refractivity contribution in [3.05, 3.63) is 58.9 Å². The molecule has 1 fully saturated rings. The van der Waals surface area contributed by atoms with E-state index >= 15 is 0 Å². The summed E-state index contributed by atoms with van der Waals surface area (Å²) in [7, 11) is 0. The molecule has 0 aliphatic carbocycles. The third-order valence-corrected chi connectivity index (χ3v) is 4.85. The molecule has 1 saturated heterocycles. The molecule has 0 saturated carbocycles. The van der Waals surface area contributed by atoms with E-state index in [1.807, 2.05) is 30.3 Å². The van der Waals surface area contributed by atoms with Crippen LogP contribution in [0.3, 0.4) is 0 Å². The fourth-order valence-corrected chi connectivity index (χ4v) is 3.42. The van der Waals surface area contributed by atoms with E-state index in [9.17, 15) is 0 Å². The summed E-state index contributed by atoms with van der Waals surface area (Å²) >= 11 is 6.18. The highest BCUT2D eigenvalue weighted by Crippen LogP contribution is 2.29. The van der Waals surface area contributed by atoms with Crippen LogP contribution in [0, 0.1) is 0 Å². The van der Waals surface area contributed by atoms with Crippen LogP contribution in [-0.4, -0.2) is 18.1 Å². The lowest BCUT2D eigenvalue weighted by Crippen LogP contribution is -2.27. The van der Waals surface area contributed by atoms with Crippen molar-refractivity contribution in [2.24, 2.45) is 0 Å². The van der Waals surface area contributed by atoms with Crippen LogP contribution in [0.1, 0.15) is 30.0 Å². The monoisotopic (exact) mass is 342 g/mol. The summed E-state index contributed by atoms with van der Waals surface area (Å²) in [5.74, 6) is 1.17. The Kier molecular flexibility index (Phi) is 4.41. The number of benzene rings is 1. The van der Waals surface area contributed by atoms with E-state index in [1.54, 1.807) is 6.26 Å². The van der Waals surface area contributed by atoms with Gasteiger partial charge in [0, 0.05) is 28.6 Å². The number of ether oxygens (including phenoxy) is 1. The molecule has 0 unspecified atom stereocenters. The summed E-state index contributed by atoms with van der Waals surface area (Å²) in [5, 5.41) is 4.98. The van der Waals surface area contributed by atoms with Gasteiger partial charge in [-0.05, 0) is 44.1 Å². The minimum Gasteiger partial charge on any atom is -0.473 e. The zero-order chi connectivity index (χ0) is 16.4. The molecule has 1 aliphatic rings. The van der Waals surface area contributed by atoms with Gasteiger partial charge in [-0.2, -0.15) is 0 Å². The molecular formula is C19H19ClN2O2. The molecule has 1 N–H and O–H groups in total. The molecule has 1 aromatic carbocycles. The predicted molar refractivity (Wildman–Crippen MR) is 94.6 cm³/mol. The predicted octanol–water partition coefficient (Wildman–Crippen LogP) is 4.53. The fourth-order valence-electron chi connectivity index (χ4n) is 3.21. The van der Waals surface area contributed by atoms with Crippen LogP contribution >= 0.6 is 11.6 Å². The van der Waals surface area contributed by atoms with E-state index in [0.29, 0.717) is 23.4 Å². The van der Waals surface area contributed by atoms with Gasteiger partial charge in [0.2, 0.25) is 5.88 Å². The second-order valence-electron chi connectivity index (χ2n) is 6.08. The van der Waals surface area contributed by atoms with Crippen molar-refractivity contribution in [1.29, 1.82) is 0 Å². The van der Waals surface area contributed by atoms with Crippen LogP contribution in [0.25, 0.3) is 11.0 Å². The molecule has 0 bridgehead atoms. The number of nitrogens with zero attached hydrogens (tertiary/aromatic N) is 1. The normalized spacial score (nSPS) is 15.7. The smallest absolute Gasteiger partial charge is 0.213 e. The maximum Gasteiger partial charge on any atom is 0.213 e. The fraction of sp³-hybridized carbons (Fsp3) is 0.316. The maximum absolute atomic E-state index is 6.18. The highest BCUT2D eigenvalue weighted by molar-refractivity contribution is 6.35. The van der Waals surface area contributed by atoms with Crippen molar-refractivity contribution in [3.63, 3.8) is 0 Å². The van der Waals surface area contributed by atoms with Crippen molar-refractivity contribution >= 4 is 22.6 Å². The van der Waals surface area contributed by atoms with Crippen LogP contribution in [-0.2, 0) is 6.61 Å². The van der Waals surface area contributed by atoms with Crippen molar-refractivity contribution in [3.8, 4) is 5.88 Å². The molecule has 0 radical (unpaired) electrons. The van der Waals surface area contributed by atoms with Gasteiger partial charge in [0.1, 0.15) is 12.2 Å². The molecular weight excluding hydrogens is 324 g/mol. The van der Waals surface area contributed by atoms with Gasteiger partial charge in [0.15, 0.2) is 0 Å².